The number of hydrogen-bond acceptors (Lipinski definition) is 6. The van der Waals surface area contributed by atoms with Crippen LogP contribution in [0.15, 0.2) is 71.6 Å². The fourth-order valence-corrected chi connectivity index (χ4v) is 3.89. The predicted molar refractivity (Wildman–Crippen MR) is 125 cm³/mol. The number of sulfonamides is 1. The second-order valence-corrected chi connectivity index (χ2v) is 9.66. The SMILES string of the molecule is Cc1ccc(S(=O)(=O)N(C)C)cc1NC(=O)COC(=O)c1ccc(-c2ccc(O)cc2)cc1. The molecule has 0 unspecified atom stereocenters. The molecule has 0 radical (unpaired) electrons. The van der Waals surface area contributed by atoms with Crippen LogP contribution in [-0.2, 0) is 19.6 Å². The van der Waals surface area contributed by atoms with Crippen LogP contribution >= 0.6 is 0 Å². The normalized spacial score (nSPS) is 11.3. The van der Waals surface area contributed by atoms with Crippen LogP contribution in [0.4, 0.5) is 5.69 Å². The fraction of sp³-hybridized carbons (Fsp3) is 0.167. The molecular formula is C24H24N2O6S. The number of aromatic hydroxyl groups is 1. The number of hydrogen-bond donors (Lipinski definition) is 2. The van der Waals surface area contributed by atoms with E-state index in [0.29, 0.717) is 11.3 Å². The van der Waals surface area contributed by atoms with E-state index in [2.05, 4.69) is 5.32 Å². The molecule has 0 saturated carbocycles. The first-order valence-electron chi connectivity index (χ1n) is 9.97. The van der Waals surface area contributed by atoms with Crippen molar-refractivity contribution in [1.82, 2.24) is 4.31 Å². The molecule has 0 heterocycles. The molecule has 2 N–H and O–H groups in total. The van der Waals surface area contributed by atoms with Gasteiger partial charge in [0.15, 0.2) is 6.61 Å². The lowest BCUT2D eigenvalue weighted by atomic mass is 10.0. The molecule has 1 amide bonds. The van der Waals surface area contributed by atoms with Crippen LogP contribution in [0.2, 0.25) is 0 Å². The second kappa shape index (κ2) is 9.85. The van der Waals surface area contributed by atoms with Crippen molar-refractivity contribution < 1.29 is 27.9 Å². The van der Waals surface area contributed by atoms with E-state index >= 15 is 0 Å². The third kappa shape index (κ3) is 5.76. The molecule has 0 bridgehead atoms. The lowest BCUT2D eigenvalue weighted by Crippen LogP contribution is -2.23. The van der Waals surface area contributed by atoms with Crippen LogP contribution in [0.5, 0.6) is 5.75 Å². The maximum atomic E-state index is 12.3. The third-order valence-corrected chi connectivity index (χ3v) is 6.73. The number of esters is 1. The molecule has 9 heteroatoms. The van der Waals surface area contributed by atoms with E-state index in [4.69, 9.17) is 4.74 Å². The maximum absolute atomic E-state index is 12.3. The van der Waals surface area contributed by atoms with Gasteiger partial charge in [-0.15, -0.1) is 0 Å². The Balaban J connectivity index is 1.62. The topological polar surface area (TPSA) is 113 Å². The highest BCUT2D eigenvalue weighted by Gasteiger charge is 2.19. The van der Waals surface area contributed by atoms with Crippen molar-refractivity contribution in [3.63, 3.8) is 0 Å². The summed E-state index contributed by atoms with van der Waals surface area (Å²) >= 11 is 0. The quantitative estimate of drug-likeness (QED) is 0.514. The summed E-state index contributed by atoms with van der Waals surface area (Å²) in [4.78, 5) is 24.6. The second-order valence-electron chi connectivity index (χ2n) is 7.51. The van der Waals surface area contributed by atoms with Gasteiger partial charge in [-0.2, -0.15) is 0 Å². The monoisotopic (exact) mass is 468 g/mol. The summed E-state index contributed by atoms with van der Waals surface area (Å²) in [5.41, 5.74) is 2.99. The Labute approximate surface area is 192 Å². The van der Waals surface area contributed by atoms with Gasteiger partial charge in [-0.05, 0) is 60.0 Å². The van der Waals surface area contributed by atoms with E-state index in [9.17, 15) is 23.1 Å². The average molecular weight is 469 g/mol. The summed E-state index contributed by atoms with van der Waals surface area (Å²) in [5.74, 6) is -1.09. The summed E-state index contributed by atoms with van der Waals surface area (Å²) in [5, 5.41) is 12.0. The van der Waals surface area contributed by atoms with Crippen molar-refractivity contribution in [3.8, 4) is 16.9 Å². The van der Waals surface area contributed by atoms with Crippen molar-refractivity contribution in [2.45, 2.75) is 11.8 Å². The predicted octanol–water partition coefficient (Wildman–Crippen LogP) is 3.41. The number of amides is 1. The summed E-state index contributed by atoms with van der Waals surface area (Å²) in [6, 6.07) is 17.7. The number of aryl methyl sites for hydroxylation is 1. The van der Waals surface area contributed by atoms with E-state index in [1.165, 1.54) is 26.2 Å². The van der Waals surface area contributed by atoms with Gasteiger partial charge in [0.2, 0.25) is 10.0 Å². The van der Waals surface area contributed by atoms with Gasteiger partial charge in [-0.25, -0.2) is 17.5 Å². The van der Waals surface area contributed by atoms with Crippen LogP contribution in [0.25, 0.3) is 11.1 Å². The molecule has 0 spiro atoms. The molecule has 3 aromatic carbocycles. The first-order chi connectivity index (χ1) is 15.6. The molecule has 0 aliphatic heterocycles. The minimum absolute atomic E-state index is 0.0408. The standard InChI is InChI=1S/C24H24N2O6S/c1-16-4-13-21(33(30,31)26(2)3)14-22(16)25-23(28)15-32-24(29)19-7-5-17(6-8-19)18-9-11-20(27)12-10-18/h4-14,27H,15H2,1-3H3,(H,25,28). The smallest absolute Gasteiger partial charge is 0.338 e. The number of phenols is 1. The van der Waals surface area contributed by atoms with Gasteiger partial charge in [0.1, 0.15) is 5.75 Å². The average Bonchev–Trinajstić information content (AvgIpc) is 2.79. The lowest BCUT2D eigenvalue weighted by Gasteiger charge is -2.14. The minimum Gasteiger partial charge on any atom is -0.508 e. The number of benzene rings is 3. The maximum Gasteiger partial charge on any atom is 0.338 e. The zero-order valence-electron chi connectivity index (χ0n) is 18.4. The molecule has 0 fully saturated rings. The molecule has 3 aromatic rings. The molecule has 0 aliphatic rings. The number of rotatable bonds is 7. The van der Waals surface area contributed by atoms with E-state index < -0.39 is 28.5 Å². The van der Waals surface area contributed by atoms with E-state index in [0.717, 1.165) is 15.4 Å². The zero-order valence-corrected chi connectivity index (χ0v) is 19.2. The molecule has 3 rings (SSSR count). The molecule has 8 nitrogen and oxygen atoms in total. The lowest BCUT2D eigenvalue weighted by molar-refractivity contribution is -0.119. The van der Waals surface area contributed by atoms with Crippen molar-refractivity contribution in [1.29, 1.82) is 0 Å². The first-order valence-corrected chi connectivity index (χ1v) is 11.4. The Kier molecular flexibility index (Phi) is 7.15. The number of anilines is 1. The summed E-state index contributed by atoms with van der Waals surface area (Å²) in [6.07, 6.45) is 0. The van der Waals surface area contributed by atoms with Crippen molar-refractivity contribution in [2.24, 2.45) is 0 Å². The zero-order chi connectivity index (χ0) is 24.2. The highest BCUT2D eigenvalue weighted by atomic mass is 32.2. The Morgan fingerprint density at radius 2 is 1.52 bits per heavy atom. The Bertz CT molecular complexity index is 1270. The van der Waals surface area contributed by atoms with Gasteiger partial charge in [0.25, 0.3) is 5.91 Å². The van der Waals surface area contributed by atoms with Gasteiger partial charge in [0.05, 0.1) is 10.5 Å². The van der Waals surface area contributed by atoms with Crippen LogP contribution in [0.1, 0.15) is 15.9 Å². The van der Waals surface area contributed by atoms with Crippen LogP contribution in [-0.4, -0.2) is 50.4 Å². The summed E-state index contributed by atoms with van der Waals surface area (Å²) in [7, 11) is -0.814. The highest BCUT2D eigenvalue weighted by Crippen LogP contribution is 2.23. The number of nitrogens with zero attached hydrogens (tertiary/aromatic N) is 1. The van der Waals surface area contributed by atoms with Gasteiger partial charge in [-0.3, -0.25) is 4.79 Å². The number of ether oxygens (including phenoxy) is 1. The number of carbonyl (C=O) groups is 2. The number of carbonyl (C=O) groups excluding carboxylic acids is 2. The molecule has 33 heavy (non-hydrogen) atoms. The molecule has 0 saturated heterocycles. The molecule has 0 aromatic heterocycles. The molecule has 0 atom stereocenters. The van der Waals surface area contributed by atoms with Crippen molar-refractivity contribution in [3.05, 3.63) is 77.9 Å². The Morgan fingerprint density at radius 1 is 0.939 bits per heavy atom. The highest BCUT2D eigenvalue weighted by molar-refractivity contribution is 7.89. The summed E-state index contributed by atoms with van der Waals surface area (Å²) < 4.78 is 30.8. The van der Waals surface area contributed by atoms with E-state index in [1.54, 1.807) is 61.5 Å². The van der Waals surface area contributed by atoms with Crippen molar-refractivity contribution in [2.75, 3.05) is 26.0 Å². The van der Waals surface area contributed by atoms with Gasteiger partial charge in [-0.1, -0.05) is 30.3 Å². The van der Waals surface area contributed by atoms with E-state index in [1.807, 2.05) is 0 Å². The van der Waals surface area contributed by atoms with Gasteiger partial charge >= 0.3 is 5.97 Å². The first kappa shape index (κ1) is 24.0. The van der Waals surface area contributed by atoms with Crippen LogP contribution in [0, 0.1) is 6.92 Å². The minimum atomic E-state index is -3.66. The summed E-state index contributed by atoms with van der Waals surface area (Å²) in [6.45, 7) is 1.20. The van der Waals surface area contributed by atoms with E-state index in [-0.39, 0.29) is 16.2 Å². The molecular weight excluding hydrogens is 444 g/mol. The van der Waals surface area contributed by atoms with Crippen LogP contribution < -0.4 is 5.32 Å². The third-order valence-electron chi connectivity index (χ3n) is 4.92. The van der Waals surface area contributed by atoms with Crippen LogP contribution in [0.3, 0.4) is 0 Å². The van der Waals surface area contributed by atoms with Gasteiger partial charge < -0.3 is 15.2 Å². The Hall–Kier alpha value is -3.69. The number of phenolic OH excluding ortho intramolecular Hbond substituents is 1. The Morgan fingerprint density at radius 3 is 2.09 bits per heavy atom. The van der Waals surface area contributed by atoms with Gasteiger partial charge in [0, 0.05) is 19.8 Å². The fourth-order valence-electron chi connectivity index (χ4n) is 2.96. The molecule has 172 valence electrons. The number of nitrogens with one attached hydrogen (secondary N) is 1. The van der Waals surface area contributed by atoms with Crippen molar-refractivity contribution >= 4 is 27.6 Å². The largest absolute Gasteiger partial charge is 0.508 e. The molecule has 0 aliphatic carbocycles.